The molecule has 3 aromatic rings. The van der Waals surface area contributed by atoms with Crippen LogP contribution < -0.4 is 5.73 Å². The van der Waals surface area contributed by atoms with Crippen LogP contribution in [0.2, 0.25) is 0 Å². The fourth-order valence-electron chi connectivity index (χ4n) is 2.76. The largest absolute Gasteiger partial charge is 0.399 e. The van der Waals surface area contributed by atoms with Gasteiger partial charge in [-0.05, 0) is 50.1 Å². The van der Waals surface area contributed by atoms with Crippen LogP contribution in [0.15, 0.2) is 42.6 Å². The first kappa shape index (κ1) is 13.4. The number of benzene rings is 2. The monoisotopic (exact) mass is 278 g/mol. The van der Waals surface area contributed by atoms with Crippen LogP contribution in [0, 0.1) is 20.8 Å². The van der Waals surface area contributed by atoms with Gasteiger partial charge in [-0.3, -0.25) is 0 Å². The first-order chi connectivity index (χ1) is 10.0. The molecule has 0 atom stereocenters. The maximum atomic E-state index is 5.82. The van der Waals surface area contributed by atoms with Gasteiger partial charge in [0.05, 0.1) is 11.9 Å². The highest BCUT2D eigenvalue weighted by atomic mass is 15.4. The van der Waals surface area contributed by atoms with Crippen molar-refractivity contribution in [2.45, 2.75) is 20.8 Å². The molecular formula is C17H18N4. The van der Waals surface area contributed by atoms with Crippen LogP contribution in [0.25, 0.3) is 16.9 Å². The zero-order valence-electron chi connectivity index (χ0n) is 12.5. The van der Waals surface area contributed by atoms with Crippen LogP contribution in [0.1, 0.15) is 16.7 Å². The van der Waals surface area contributed by atoms with E-state index in [2.05, 4.69) is 43.2 Å². The predicted octanol–water partition coefficient (Wildman–Crippen LogP) is 3.44. The van der Waals surface area contributed by atoms with E-state index < -0.39 is 0 Å². The SMILES string of the molecule is Cc1cc(C)c(-c2cn(-c3cccc(N)c3)nn2)c(C)c1. The second-order valence-corrected chi connectivity index (χ2v) is 5.42. The molecule has 0 spiro atoms. The van der Waals surface area contributed by atoms with Crippen LogP contribution in [0.5, 0.6) is 0 Å². The fraction of sp³-hybridized carbons (Fsp3) is 0.176. The number of aromatic nitrogens is 3. The van der Waals surface area contributed by atoms with Crippen molar-refractivity contribution in [1.29, 1.82) is 0 Å². The predicted molar refractivity (Wildman–Crippen MR) is 85.4 cm³/mol. The van der Waals surface area contributed by atoms with E-state index in [-0.39, 0.29) is 0 Å². The summed E-state index contributed by atoms with van der Waals surface area (Å²) in [5.41, 5.74) is 13.2. The van der Waals surface area contributed by atoms with Gasteiger partial charge < -0.3 is 5.73 Å². The molecule has 4 nitrogen and oxygen atoms in total. The molecule has 0 aliphatic carbocycles. The summed E-state index contributed by atoms with van der Waals surface area (Å²) >= 11 is 0. The summed E-state index contributed by atoms with van der Waals surface area (Å²) in [6, 6.07) is 11.9. The van der Waals surface area contributed by atoms with E-state index >= 15 is 0 Å². The smallest absolute Gasteiger partial charge is 0.114 e. The van der Waals surface area contributed by atoms with Crippen molar-refractivity contribution < 1.29 is 0 Å². The number of nitrogen functional groups attached to an aromatic ring is 1. The minimum atomic E-state index is 0.715. The molecule has 0 saturated carbocycles. The molecule has 1 heterocycles. The van der Waals surface area contributed by atoms with Crippen LogP contribution >= 0.6 is 0 Å². The molecule has 2 N–H and O–H groups in total. The summed E-state index contributed by atoms with van der Waals surface area (Å²) in [5.74, 6) is 0. The molecule has 106 valence electrons. The van der Waals surface area contributed by atoms with Gasteiger partial charge in [0.1, 0.15) is 5.69 Å². The molecule has 0 aliphatic rings. The van der Waals surface area contributed by atoms with E-state index in [9.17, 15) is 0 Å². The fourth-order valence-corrected chi connectivity index (χ4v) is 2.76. The van der Waals surface area contributed by atoms with Crippen LogP contribution in [0.4, 0.5) is 5.69 Å². The van der Waals surface area contributed by atoms with Gasteiger partial charge in [-0.15, -0.1) is 5.10 Å². The molecule has 0 saturated heterocycles. The Hall–Kier alpha value is -2.62. The summed E-state index contributed by atoms with van der Waals surface area (Å²) in [6.45, 7) is 6.32. The first-order valence-electron chi connectivity index (χ1n) is 6.91. The molecule has 0 aliphatic heterocycles. The van der Waals surface area contributed by atoms with E-state index in [1.54, 1.807) is 4.68 Å². The van der Waals surface area contributed by atoms with Crippen molar-refractivity contribution in [2.24, 2.45) is 0 Å². The minimum absolute atomic E-state index is 0.715. The van der Waals surface area contributed by atoms with Crippen molar-refractivity contribution in [3.8, 4) is 16.9 Å². The Morgan fingerprint density at radius 1 is 1.00 bits per heavy atom. The minimum Gasteiger partial charge on any atom is -0.399 e. The van der Waals surface area contributed by atoms with E-state index in [1.165, 1.54) is 16.7 Å². The number of nitrogens with two attached hydrogens (primary N) is 1. The third kappa shape index (κ3) is 2.52. The number of anilines is 1. The molecule has 0 amide bonds. The Balaban J connectivity index is 2.07. The topological polar surface area (TPSA) is 56.7 Å². The summed E-state index contributed by atoms with van der Waals surface area (Å²) in [6.07, 6.45) is 1.94. The molecule has 0 fully saturated rings. The molecule has 3 rings (SSSR count). The van der Waals surface area contributed by atoms with Gasteiger partial charge in [-0.2, -0.15) is 0 Å². The lowest BCUT2D eigenvalue weighted by molar-refractivity contribution is 0.804. The lowest BCUT2D eigenvalue weighted by Crippen LogP contribution is -1.96. The standard InChI is InChI=1S/C17H18N4/c1-11-7-12(2)17(13(3)8-11)16-10-21(20-19-16)15-6-4-5-14(18)9-15/h4-10H,18H2,1-3H3. The van der Waals surface area contributed by atoms with Crippen molar-refractivity contribution in [3.05, 3.63) is 59.3 Å². The number of hydrogen-bond acceptors (Lipinski definition) is 3. The van der Waals surface area contributed by atoms with Crippen molar-refractivity contribution in [1.82, 2.24) is 15.0 Å². The van der Waals surface area contributed by atoms with Crippen LogP contribution in [-0.2, 0) is 0 Å². The average Bonchev–Trinajstić information content (AvgIpc) is 2.87. The van der Waals surface area contributed by atoms with Crippen molar-refractivity contribution in [2.75, 3.05) is 5.73 Å². The molecule has 0 bridgehead atoms. The molecule has 21 heavy (non-hydrogen) atoms. The van der Waals surface area contributed by atoms with E-state index in [0.717, 1.165) is 16.9 Å². The molecule has 4 heteroatoms. The van der Waals surface area contributed by atoms with Crippen molar-refractivity contribution >= 4 is 5.69 Å². The Kier molecular flexibility index (Phi) is 3.22. The lowest BCUT2D eigenvalue weighted by Gasteiger charge is -2.08. The summed E-state index contributed by atoms with van der Waals surface area (Å²) in [5, 5.41) is 8.54. The van der Waals surface area contributed by atoms with Gasteiger partial charge in [0, 0.05) is 11.3 Å². The zero-order chi connectivity index (χ0) is 15.0. The van der Waals surface area contributed by atoms with Gasteiger partial charge in [0.15, 0.2) is 0 Å². The first-order valence-corrected chi connectivity index (χ1v) is 6.91. The molecular weight excluding hydrogens is 260 g/mol. The highest BCUT2D eigenvalue weighted by molar-refractivity contribution is 5.67. The Labute approximate surface area is 124 Å². The number of aryl methyl sites for hydroxylation is 3. The van der Waals surface area contributed by atoms with E-state index in [1.807, 2.05) is 30.5 Å². The Bertz CT molecular complexity index is 779. The van der Waals surface area contributed by atoms with Crippen LogP contribution in [0.3, 0.4) is 0 Å². The van der Waals surface area contributed by atoms with E-state index in [4.69, 9.17) is 5.73 Å². The molecule has 0 radical (unpaired) electrons. The number of rotatable bonds is 2. The Morgan fingerprint density at radius 3 is 2.38 bits per heavy atom. The maximum absolute atomic E-state index is 5.82. The lowest BCUT2D eigenvalue weighted by atomic mass is 9.98. The van der Waals surface area contributed by atoms with Gasteiger partial charge in [-0.25, -0.2) is 4.68 Å². The molecule has 2 aromatic carbocycles. The highest BCUT2D eigenvalue weighted by Crippen LogP contribution is 2.27. The average molecular weight is 278 g/mol. The van der Waals surface area contributed by atoms with Crippen LogP contribution in [-0.4, -0.2) is 15.0 Å². The van der Waals surface area contributed by atoms with Gasteiger partial charge in [0.25, 0.3) is 0 Å². The summed E-state index contributed by atoms with van der Waals surface area (Å²) < 4.78 is 1.75. The molecule has 0 unspecified atom stereocenters. The second-order valence-electron chi connectivity index (χ2n) is 5.42. The number of nitrogens with zero attached hydrogens (tertiary/aromatic N) is 3. The number of hydrogen-bond donors (Lipinski definition) is 1. The highest BCUT2D eigenvalue weighted by Gasteiger charge is 2.11. The third-order valence-electron chi connectivity index (χ3n) is 3.56. The zero-order valence-corrected chi connectivity index (χ0v) is 12.5. The van der Waals surface area contributed by atoms with E-state index in [0.29, 0.717) is 5.69 Å². The molecule has 1 aromatic heterocycles. The van der Waals surface area contributed by atoms with Gasteiger partial charge >= 0.3 is 0 Å². The summed E-state index contributed by atoms with van der Waals surface area (Å²) in [4.78, 5) is 0. The van der Waals surface area contributed by atoms with Gasteiger partial charge in [0.2, 0.25) is 0 Å². The Morgan fingerprint density at radius 2 is 1.71 bits per heavy atom. The normalized spacial score (nSPS) is 10.8. The van der Waals surface area contributed by atoms with Gasteiger partial charge in [-0.1, -0.05) is 29.0 Å². The second kappa shape index (κ2) is 5.05. The summed E-state index contributed by atoms with van der Waals surface area (Å²) in [7, 11) is 0. The van der Waals surface area contributed by atoms with Crippen molar-refractivity contribution in [3.63, 3.8) is 0 Å². The third-order valence-corrected chi connectivity index (χ3v) is 3.56. The maximum Gasteiger partial charge on any atom is 0.114 e. The quantitative estimate of drug-likeness (QED) is 0.730.